The first-order chi connectivity index (χ1) is 24.2. The van der Waals surface area contributed by atoms with Crippen molar-refractivity contribution in [3.05, 3.63) is 99.6 Å². The number of alkyl halides is 5. The number of fused-ring (bicyclic) bond motifs is 3. The second kappa shape index (κ2) is 13.0. The molecule has 0 spiro atoms. The monoisotopic (exact) mass is 732 g/mol. The number of amides is 2. The molecule has 2 aliphatic carbocycles. The molecule has 2 aliphatic rings. The number of nitrogens with zero attached hydrogens (tertiary/aromatic N) is 4. The summed E-state index contributed by atoms with van der Waals surface area (Å²) in [5, 5.41) is 16.0. The average Bonchev–Trinajstić information content (AvgIpc) is 3.44. The molecule has 52 heavy (non-hydrogen) atoms. The van der Waals surface area contributed by atoms with Crippen LogP contribution in [-0.2, 0) is 29.9 Å². The molecular weight excluding hydrogens is 704 g/mol. The summed E-state index contributed by atoms with van der Waals surface area (Å²) in [4.78, 5) is 34.2. The minimum absolute atomic E-state index is 0.0148. The Balaban J connectivity index is 1.47. The molecule has 2 amide bonds. The number of nitrogens with one attached hydrogen (secondary N) is 1. The van der Waals surface area contributed by atoms with Crippen molar-refractivity contribution < 1.29 is 49.8 Å². The zero-order valence-corrected chi connectivity index (χ0v) is 27.3. The molecule has 6 rings (SSSR count). The lowest BCUT2D eigenvalue weighted by Crippen LogP contribution is -2.36. The van der Waals surface area contributed by atoms with E-state index >= 15 is 8.78 Å². The van der Waals surface area contributed by atoms with E-state index in [9.17, 15) is 41.0 Å². The Labute approximate surface area is 290 Å². The molecule has 4 aromatic rings. The van der Waals surface area contributed by atoms with Gasteiger partial charge < -0.3 is 16.2 Å². The number of aromatic nitrogens is 4. The first-order valence-corrected chi connectivity index (χ1v) is 15.8. The van der Waals surface area contributed by atoms with Gasteiger partial charge >= 0.3 is 6.18 Å². The van der Waals surface area contributed by atoms with E-state index in [2.05, 4.69) is 32.2 Å². The zero-order chi connectivity index (χ0) is 37.9. The Morgan fingerprint density at radius 2 is 1.79 bits per heavy atom. The van der Waals surface area contributed by atoms with Crippen molar-refractivity contribution in [3.63, 3.8) is 0 Å². The van der Waals surface area contributed by atoms with Gasteiger partial charge in [-0.25, -0.2) is 23.1 Å². The Morgan fingerprint density at radius 1 is 1.10 bits per heavy atom. The van der Waals surface area contributed by atoms with Crippen LogP contribution in [0.25, 0.3) is 11.1 Å². The molecule has 1 saturated carbocycles. The number of carbonyl (C=O) groups excluding carboxylic acids is 2. The Hall–Kier alpha value is -5.37. The number of hydrogen-bond donors (Lipinski definition) is 3. The highest BCUT2D eigenvalue weighted by molar-refractivity contribution is 5.94. The Morgan fingerprint density at radius 3 is 2.38 bits per heavy atom. The maximum atomic E-state index is 15.5. The van der Waals surface area contributed by atoms with Crippen LogP contribution >= 0.6 is 0 Å². The van der Waals surface area contributed by atoms with E-state index in [1.807, 2.05) is 0 Å². The second-order valence-electron chi connectivity index (χ2n) is 13.1. The van der Waals surface area contributed by atoms with Gasteiger partial charge in [0.1, 0.15) is 35.3 Å². The van der Waals surface area contributed by atoms with E-state index in [1.165, 1.54) is 26.1 Å². The van der Waals surface area contributed by atoms with E-state index < -0.39 is 100 Å². The topological polar surface area (TPSA) is 136 Å². The van der Waals surface area contributed by atoms with Crippen molar-refractivity contribution in [2.75, 3.05) is 0 Å². The third kappa shape index (κ3) is 7.07. The number of aliphatic hydroxyl groups is 1. The Kier molecular flexibility index (Phi) is 9.10. The van der Waals surface area contributed by atoms with Gasteiger partial charge in [0.15, 0.2) is 5.69 Å². The number of benzene rings is 2. The van der Waals surface area contributed by atoms with E-state index in [0.29, 0.717) is 10.7 Å². The maximum Gasteiger partial charge on any atom is 0.435 e. The van der Waals surface area contributed by atoms with Crippen LogP contribution in [0.5, 0.6) is 0 Å². The molecule has 2 aromatic heterocycles. The Bertz CT molecular complexity index is 2150. The fraction of sp³-hybridized carbons (Fsp3) is 0.343. The number of nitrogens with two attached hydrogens (primary N) is 1. The standard InChI is InChI=1S/C35H28F8N6O3/c1-33(2,52)8-7-26-45-14-22(17-3-6-24(38)21(12-17)32(44)51)29(47-26)25(11-16-9-18(36)13-19(37)10-16)46-27(50)15-49-31-28(30(48-49)35(41,42)43)20-4-5-23(20)34(31,39)40/h3,6,9-10,12-14,20,23,25,52H,4-5,11,15H2,1-2H3,(H2,44,51)(H,46,50)/t20-,23+,25-/m0/s1. The molecule has 0 radical (unpaired) electrons. The molecule has 3 atom stereocenters. The number of hydrogen-bond acceptors (Lipinski definition) is 6. The average molecular weight is 733 g/mol. The van der Waals surface area contributed by atoms with Gasteiger partial charge in [0, 0.05) is 29.3 Å². The SMILES string of the molecule is CC(C)(O)C#Cc1ncc(-c2ccc(F)c(C(N)=O)c2)c([C@H](Cc2cc(F)cc(F)c2)NC(=O)Cn2nc(C(F)(F)F)c3c2C(F)(F)[C@@H]2CC[C@H]32)n1. The normalized spacial score (nSPS) is 18.1. The lowest BCUT2D eigenvalue weighted by molar-refractivity contribution is -0.144. The molecule has 0 bridgehead atoms. The summed E-state index contributed by atoms with van der Waals surface area (Å²) in [5.41, 5.74) is -0.0121. The quantitative estimate of drug-likeness (QED) is 0.157. The number of halogens is 8. The number of carbonyl (C=O) groups is 2. The summed E-state index contributed by atoms with van der Waals surface area (Å²) in [6.07, 6.45) is -4.29. The van der Waals surface area contributed by atoms with Gasteiger partial charge in [-0.05, 0) is 80.3 Å². The van der Waals surface area contributed by atoms with Crippen LogP contribution in [0.3, 0.4) is 0 Å². The maximum absolute atomic E-state index is 15.5. The van der Waals surface area contributed by atoms with Crippen LogP contribution < -0.4 is 11.1 Å². The van der Waals surface area contributed by atoms with E-state index in [4.69, 9.17) is 5.73 Å². The highest BCUT2D eigenvalue weighted by Gasteiger charge is 2.63. The van der Waals surface area contributed by atoms with Crippen molar-refractivity contribution >= 4 is 11.8 Å². The molecule has 0 saturated heterocycles. The molecule has 0 aliphatic heterocycles. The van der Waals surface area contributed by atoms with Gasteiger partial charge in [0.25, 0.3) is 11.8 Å². The number of primary amides is 1. The van der Waals surface area contributed by atoms with Crippen LogP contribution in [0, 0.1) is 35.2 Å². The molecule has 2 aromatic carbocycles. The third-order valence-electron chi connectivity index (χ3n) is 8.85. The van der Waals surface area contributed by atoms with Crippen molar-refractivity contribution in [3.8, 4) is 23.0 Å². The zero-order valence-electron chi connectivity index (χ0n) is 27.3. The van der Waals surface area contributed by atoms with Crippen LogP contribution in [0.4, 0.5) is 35.1 Å². The lowest BCUT2D eigenvalue weighted by atomic mass is 9.73. The van der Waals surface area contributed by atoms with Gasteiger partial charge in [-0.3, -0.25) is 14.3 Å². The van der Waals surface area contributed by atoms with E-state index in [-0.39, 0.29) is 41.1 Å². The number of rotatable bonds is 8. The van der Waals surface area contributed by atoms with Crippen molar-refractivity contribution in [1.82, 2.24) is 25.1 Å². The van der Waals surface area contributed by atoms with Gasteiger partial charge in [-0.2, -0.15) is 27.1 Å². The van der Waals surface area contributed by atoms with Gasteiger partial charge in [0.05, 0.1) is 17.3 Å². The van der Waals surface area contributed by atoms with Crippen LogP contribution in [0.1, 0.15) is 83.0 Å². The molecule has 4 N–H and O–H groups in total. The largest absolute Gasteiger partial charge is 0.435 e. The van der Waals surface area contributed by atoms with Crippen LogP contribution in [0.2, 0.25) is 0 Å². The minimum Gasteiger partial charge on any atom is -0.378 e. The first-order valence-electron chi connectivity index (χ1n) is 15.8. The second-order valence-corrected chi connectivity index (χ2v) is 13.1. The summed E-state index contributed by atoms with van der Waals surface area (Å²) in [6, 6.07) is 4.21. The molecule has 17 heteroatoms. The smallest absolute Gasteiger partial charge is 0.378 e. The third-order valence-corrected chi connectivity index (χ3v) is 8.85. The van der Waals surface area contributed by atoms with Gasteiger partial charge in [-0.15, -0.1) is 0 Å². The minimum atomic E-state index is -5.09. The summed E-state index contributed by atoms with van der Waals surface area (Å²) < 4.78 is 116. The van der Waals surface area contributed by atoms with Gasteiger partial charge in [0.2, 0.25) is 11.7 Å². The highest BCUT2D eigenvalue weighted by atomic mass is 19.4. The lowest BCUT2D eigenvalue weighted by Gasteiger charge is -2.34. The van der Waals surface area contributed by atoms with Gasteiger partial charge in [-0.1, -0.05) is 12.0 Å². The van der Waals surface area contributed by atoms with Crippen LogP contribution in [-0.4, -0.2) is 42.3 Å². The van der Waals surface area contributed by atoms with Crippen molar-refractivity contribution in [2.24, 2.45) is 11.7 Å². The highest BCUT2D eigenvalue weighted by Crippen LogP contribution is 2.64. The molecular formula is C35H28F8N6O3. The molecule has 2 heterocycles. The summed E-state index contributed by atoms with van der Waals surface area (Å²) >= 11 is 0. The fourth-order valence-electron chi connectivity index (χ4n) is 6.55. The van der Waals surface area contributed by atoms with E-state index in [1.54, 1.807) is 0 Å². The fourth-order valence-corrected chi connectivity index (χ4v) is 6.55. The summed E-state index contributed by atoms with van der Waals surface area (Å²) in [5.74, 6) is -6.58. The molecule has 0 unspecified atom stereocenters. The first kappa shape index (κ1) is 36.4. The molecule has 1 fully saturated rings. The van der Waals surface area contributed by atoms with E-state index in [0.717, 1.165) is 24.3 Å². The predicted molar refractivity (Wildman–Crippen MR) is 167 cm³/mol. The van der Waals surface area contributed by atoms with Crippen molar-refractivity contribution in [1.29, 1.82) is 0 Å². The van der Waals surface area contributed by atoms with Crippen molar-refractivity contribution in [2.45, 2.75) is 69.3 Å². The van der Waals surface area contributed by atoms with Crippen LogP contribution in [0.15, 0.2) is 42.6 Å². The summed E-state index contributed by atoms with van der Waals surface area (Å²) in [7, 11) is 0. The molecule has 272 valence electrons. The summed E-state index contributed by atoms with van der Waals surface area (Å²) in [6.45, 7) is 1.62. The predicted octanol–water partition coefficient (Wildman–Crippen LogP) is 5.70. The molecule has 9 nitrogen and oxygen atoms in total.